The van der Waals surface area contributed by atoms with Gasteiger partial charge in [0.2, 0.25) is 0 Å². The number of nitrogens with one attached hydrogen (secondary N) is 1. The second-order valence-electron chi connectivity index (χ2n) is 4.81. The van der Waals surface area contributed by atoms with Gasteiger partial charge in [0.25, 0.3) is 0 Å². The summed E-state index contributed by atoms with van der Waals surface area (Å²) >= 11 is 0. The maximum atomic E-state index is 5.37. The van der Waals surface area contributed by atoms with Crippen molar-refractivity contribution in [3.8, 4) is 0 Å². The van der Waals surface area contributed by atoms with Crippen molar-refractivity contribution in [3.05, 3.63) is 12.2 Å². The first-order chi connectivity index (χ1) is 6.62. The molecule has 1 aliphatic rings. The van der Waals surface area contributed by atoms with Crippen LogP contribution in [0.15, 0.2) is 12.2 Å². The molecule has 0 atom stereocenters. The summed E-state index contributed by atoms with van der Waals surface area (Å²) in [7, 11) is 0. The highest BCUT2D eigenvalue weighted by molar-refractivity contribution is 4.88. The highest BCUT2D eigenvalue weighted by atomic mass is 16.5. The molecule has 0 amide bonds. The van der Waals surface area contributed by atoms with E-state index in [9.17, 15) is 0 Å². The highest BCUT2D eigenvalue weighted by Crippen LogP contribution is 2.28. The highest BCUT2D eigenvalue weighted by Gasteiger charge is 2.26. The maximum absolute atomic E-state index is 5.37. The molecule has 1 aliphatic heterocycles. The molecule has 0 aromatic heterocycles. The van der Waals surface area contributed by atoms with Crippen molar-refractivity contribution in [1.82, 2.24) is 5.32 Å². The molecule has 0 aliphatic carbocycles. The van der Waals surface area contributed by atoms with E-state index in [-0.39, 0.29) is 0 Å². The van der Waals surface area contributed by atoms with Gasteiger partial charge < -0.3 is 10.1 Å². The van der Waals surface area contributed by atoms with Crippen molar-refractivity contribution in [3.63, 3.8) is 0 Å². The Morgan fingerprint density at radius 3 is 2.64 bits per heavy atom. The summed E-state index contributed by atoms with van der Waals surface area (Å²) in [5.74, 6) is 0. The van der Waals surface area contributed by atoms with Gasteiger partial charge in [-0.25, -0.2) is 0 Å². The Morgan fingerprint density at radius 2 is 2.07 bits per heavy atom. The van der Waals surface area contributed by atoms with Gasteiger partial charge in [-0.1, -0.05) is 12.5 Å². The molecular weight excluding hydrogens is 174 g/mol. The molecule has 0 spiro atoms. The van der Waals surface area contributed by atoms with Crippen LogP contribution in [0, 0.1) is 5.41 Å². The molecule has 0 aromatic carbocycles. The summed E-state index contributed by atoms with van der Waals surface area (Å²) in [5, 5.41) is 3.51. The topological polar surface area (TPSA) is 21.3 Å². The van der Waals surface area contributed by atoms with Crippen LogP contribution in [-0.2, 0) is 4.74 Å². The zero-order chi connectivity index (χ0) is 10.4. The molecule has 1 heterocycles. The third-order valence-electron chi connectivity index (χ3n) is 2.98. The molecule has 0 saturated carbocycles. The minimum Gasteiger partial charge on any atom is -0.381 e. The third kappa shape index (κ3) is 4.25. The van der Waals surface area contributed by atoms with Gasteiger partial charge >= 0.3 is 0 Å². The summed E-state index contributed by atoms with van der Waals surface area (Å²) in [5.41, 5.74) is 1.71. The van der Waals surface area contributed by atoms with Crippen LogP contribution in [0.2, 0.25) is 0 Å². The van der Waals surface area contributed by atoms with Gasteiger partial charge in [0.1, 0.15) is 0 Å². The van der Waals surface area contributed by atoms with Gasteiger partial charge in [-0.15, -0.1) is 6.58 Å². The Bertz CT molecular complexity index is 183. The SMILES string of the molecule is C=C(C)CCNCC1(C)CCOCC1. The second-order valence-corrected chi connectivity index (χ2v) is 4.81. The molecule has 0 aromatic rings. The van der Waals surface area contributed by atoms with Crippen LogP contribution in [0.25, 0.3) is 0 Å². The van der Waals surface area contributed by atoms with E-state index in [1.54, 1.807) is 0 Å². The molecule has 82 valence electrons. The first kappa shape index (κ1) is 11.7. The fourth-order valence-corrected chi connectivity index (χ4v) is 1.73. The van der Waals surface area contributed by atoms with Crippen LogP contribution < -0.4 is 5.32 Å². The Kier molecular flexibility index (Phi) is 4.63. The van der Waals surface area contributed by atoms with Crippen molar-refractivity contribution >= 4 is 0 Å². The Hall–Kier alpha value is -0.340. The van der Waals surface area contributed by atoms with Crippen LogP contribution in [0.1, 0.15) is 33.1 Å². The number of ether oxygens (including phenoxy) is 1. The van der Waals surface area contributed by atoms with Crippen molar-refractivity contribution in [1.29, 1.82) is 0 Å². The van der Waals surface area contributed by atoms with E-state index in [1.807, 2.05) is 0 Å². The van der Waals surface area contributed by atoms with E-state index in [1.165, 1.54) is 18.4 Å². The van der Waals surface area contributed by atoms with E-state index in [0.29, 0.717) is 5.41 Å². The van der Waals surface area contributed by atoms with Crippen LogP contribution in [-0.4, -0.2) is 26.3 Å². The van der Waals surface area contributed by atoms with Crippen LogP contribution in [0.3, 0.4) is 0 Å². The van der Waals surface area contributed by atoms with E-state index in [0.717, 1.165) is 32.7 Å². The van der Waals surface area contributed by atoms with E-state index in [2.05, 4.69) is 25.7 Å². The largest absolute Gasteiger partial charge is 0.381 e. The van der Waals surface area contributed by atoms with Crippen molar-refractivity contribution in [2.75, 3.05) is 26.3 Å². The molecule has 1 rings (SSSR count). The molecule has 1 saturated heterocycles. The van der Waals surface area contributed by atoms with Crippen molar-refractivity contribution in [2.45, 2.75) is 33.1 Å². The fourth-order valence-electron chi connectivity index (χ4n) is 1.73. The van der Waals surface area contributed by atoms with Crippen LogP contribution >= 0.6 is 0 Å². The lowest BCUT2D eigenvalue weighted by Gasteiger charge is -2.33. The predicted molar refractivity (Wildman–Crippen MR) is 60.5 cm³/mol. The molecule has 1 fully saturated rings. The summed E-state index contributed by atoms with van der Waals surface area (Å²) < 4.78 is 5.37. The van der Waals surface area contributed by atoms with Gasteiger partial charge in [0, 0.05) is 19.8 Å². The lowest BCUT2D eigenvalue weighted by atomic mass is 9.82. The number of rotatable bonds is 5. The first-order valence-corrected chi connectivity index (χ1v) is 5.55. The van der Waals surface area contributed by atoms with Gasteiger partial charge in [-0.2, -0.15) is 0 Å². The smallest absolute Gasteiger partial charge is 0.0471 e. The first-order valence-electron chi connectivity index (χ1n) is 5.55. The standard InChI is InChI=1S/C12H23NO/c1-11(2)4-7-13-10-12(3)5-8-14-9-6-12/h13H,1,4-10H2,2-3H3. The molecule has 2 heteroatoms. The second kappa shape index (κ2) is 5.52. The van der Waals surface area contributed by atoms with Crippen molar-refractivity contribution < 1.29 is 4.74 Å². The molecule has 14 heavy (non-hydrogen) atoms. The Morgan fingerprint density at radius 1 is 1.43 bits per heavy atom. The van der Waals surface area contributed by atoms with Gasteiger partial charge in [-0.05, 0) is 38.1 Å². The van der Waals surface area contributed by atoms with Gasteiger partial charge in [0.05, 0.1) is 0 Å². The Labute approximate surface area is 87.7 Å². The molecule has 1 N–H and O–H groups in total. The van der Waals surface area contributed by atoms with Crippen molar-refractivity contribution in [2.24, 2.45) is 5.41 Å². The average Bonchev–Trinajstić information content (AvgIpc) is 2.14. The predicted octanol–water partition coefficient (Wildman–Crippen LogP) is 2.36. The lowest BCUT2D eigenvalue weighted by Crippen LogP contribution is -2.37. The van der Waals surface area contributed by atoms with Crippen LogP contribution in [0.5, 0.6) is 0 Å². The molecule has 2 nitrogen and oxygen atoms in total. The summed E-state index contributed by atoms with van der Waals surface area (Å²) in [6.45, 7) is 12.4. The summed E-state index contributed by atoms with van der Waals surface area (Å²) in [6, 6.07) is 0. The third-order valence-corrected chi connectivity index (χ3v) is 2.98. The summed E-state index contributed by atoms with van der Waals surface area (Å²) in [6.07, 6.45) is 3.47. The molecule has 0 bridgehead atoms. The lowest BCUT2D eigenvalue weighted by molar-refractivity contribution is 0.0242. The van der Waals surface area contributed by atoms with E-state index < -0.39 is 0 Å². The molecule has 0 radical (unpaired) electrons. The quantitative estimate of drug-likeness (QED) is 0.539. The van der Waals surface area contributed by atoms with Gasteiger partial charge in [0.15, 0.2) is 0 Å². The van der Waals surface area contributed by atoms with E-state index >= 15 is 0 Å². The average molecular weight is 197 g/mol. The van der Waals surface area contributed by atoms with Gasteiger partial charge in [-0.3, -0.25) is 0 Å². The normalized spacial score (nSPS) is 20.7. The monoisotopic (exact) mass is 197 g/mol. The molecular formula is C12H23NO. The minimum atomic E-state index is 0.452. The molecule has 0 unspecified atom stereocenters. The Balaban J connectivity index is 2.12. The zero-order valence-electron chi connectivity index (χ0n) is 9.57. The number of hydrogen-bond donors (Lipinski definition) is 1. The number of hydrogen-bond acceptors (Lipinski definition) is 2. The maximum Gasteiger partial charge on any atom is 0.0471 e. The van der Waals surface area contributed by atoms with Crippen LogP contribution in [0.4, 0.5) is 0 Å². The summed E-state index contributed by atoms with van der Waals surface area (Å²) in [4.78, 5) is 0. The van der Waals surface area contributed by atoms with E-state index in [4.69, 9.17) is 4.74 Å². The fraction of sp³-hybridized carbons (Fsp3) is 0.833. The minimum absolute atomic E-state index is 0.452. The zero-order valence-corrected chi connectivity index (χ0v) is 9.57.